The van der Waals surface area contributed by atoms with Gasteiger partial charge < -0.3 is 14.9 Å². The Balaban J connectivity index is 1.43. The zero-order valence-corrected chi connectivity index (χ0v) is 15.4. The average Bonchev–Trinajstić information content (AvgIpc) is 3.44. The number of piperidine rings is 1. The Bertz CT molecular complexity index is 671. The zero-order chi connectivity index (χ0) is 18.3. The quantitative estimate of drug-likeness (QED) is 0.875. The van der Waals surface area contributed by atoms with Crippen LogP contribution in [-0.2, 0) is 10.2 Å². The standard InChI is InChI=1S/C20H28FN3O2/c1-22-10-12-23(13-11-22)17-6-9-24(14-18(17)25)19(26)20(7-8-20)15-4-2-3-5-16(15)21/h2-5,17-18,25H,6-14H2,1H3/t17-,18-/m1/s1. The first kappa shape index (κ1) is 17.9. The molecule has 6 heteroatoms. The van der Waals surface area contributed by atoms with Crippen LogP contribution < -0.4 is 0 Å². The molecule has 1 N–H and O–H groups in total. The first-order valence-corrected chi connectivity index (χ1v) is 9.66. The number of piperazine rings is 1. The number of nitrogens with zero attached hydrogens (tertiary/aromatic N) is 3. The number of hydrogen-bond donors (Lipinski definition) is 1. The predicted molar refractivity (Wildman–Crippen MR) is 97.4 cm³/mol. The van der Waals surface area contributed by atoms with Gasteiger partial charge >= 0.3 is 0 Å². The van der Waals surface area contributed by atoms with Gasteiger partial charge in [0.15, 0.2) is 0 Å². The largest absolute Gasteiger partial charge is 0.390 e. The Labute approximate surface area is 154 Å². The minimum atomic E-state index is -0.703. The highest BCUT2D eigenvalue weighted by Crippen LogP contribution is 2.50. The van der Waals surface area contributed by atoms with Gasteiger partial charge in [-0.1, -0.05) is 18.2 Å². The van der Waals surface area contributed by atoms with Crippen LogP contribution in [0.2, 0.25) is 0 Å². The number of benzene rings is 1. The van der Waals surface area contributed by atoms with Crippen molar-refractivity contribution in [2.45, 2.75) is 36.8 Å². The van der Waals surface area contributed by atoms with E-state index in [1.54, 1.807) is 23.1 Å². The second kappa shape index (κ2) is 6.91. The lowest BCUT2D eigenvalue weighted by Crippen LogP contribution is -2.60. The number of aliphatic hydroxyl groups excluding tert-OH is 1. The molecule has 1 saturated carbocycles. The monoisotopic (exact) mass is 361 g/mol. The number of likely N-dealkylation sites (N-methyl/N-ethyl adjacent to an activating group) is 1. The van der Waals surface area contributed by atoms with Gasteiger partial charge in [-0.2, -0.15) is 0 Å². The van der Waals surface area contributed by atoms with Crippen molar-refractivity contribution >= 4 is 5.91 Å². The third-order valence-electron chi connectivity index (χ3n) is 6.39. The molecule has 2 aliphatic heterocycles. The van der Waals surface area contributed by atoms with Crippen molar-refractivity contribution in [1.29, 1.82) is 0 Å². The fourth-order valence-corrected chi connectivity index (χ4v) is 4.56. The van der Waals surface area contributed by atoms with E-state index in [4.69, 9.17) is 0 Å². The second-order valence-electron chi connectivity index (χ2n) is 8.08. The maximum absolute atomic E-state index is 14.2. The van der Waals surface area contributed by atoms with Gasteiger partial charge in [0.25, 0.3) is 0 Å². The van der Waals surface area contributed by atoms with Crippen LogP contribution in [0.25, 0.3) is 0 Å². The minimum absolute atomic E-state index is 0.0153. The molecule has 0 radical (unpaired) electrons. The van der Waals surface area contributed by atoms with Gasteiger partial charge in [-0.15, -0.1) is 0 Å². The summed E-state index contributed by atoms with van der Waals surface area (Å²) >= 11 is 0. The molecule has 2 saturated heterocycles. The van der Waals surface area contributed by atoms with Crippen LogP contribution in [-0.4, -0.2) is 84.2 Å². The number of aliphatic hydroxyl groups is 1. The highest BCUT2D eigenvalue weighted by molar-refractivity contribution is 5.91. The molecule has 0 spiro atoms. The van der Waals surface area contributed by atoms with Crippen LogP contribution in [0.1, 0.15) is 24.8 Å². The lowest BCUT2D eigenvalue weighted by molar-refractivity contribution is -0.139. The molecular weight excluding hydrogens is 333 g/mol. The van der Waals surface area contributed by atoms with E-state index in [1.807, 2.05) is 0 Å². The predicted octanol–water partition coefficient (Wildman–Crippen LogP) is 1.07. The lowest BCUT2D eigenvalue weighted by atomic mass is 9.91. The normalized spacial score (nSPS) is 29.6. The van der Waals surface area contributed by atoms with Crippen molar-refractivity contribution in [1.82, 2.24) is 14.7 Å². The van der Waals surface area contributed by atoms with Gasteiger partial charge in [-0.05, 0) is 32.4 Å². The first-order valence-electron chi connectivity index (χ1n) is 9.66. The number of hydrogen-bond acceptors (Lipinski definition) is 4. The summed E-state index contributed by atoms with van der Waals surface area (Å²) in [5.74, 6) is -0.315. The number of β-amino-alcohol motifs (C(OH)–C–C–N with tert-alkyl or cyclic N) is 1. The second-order valence-corrected chi connectivity index (χ2v) is 8.08. The van der Waals surface area contributed by atoms with Gasteiger partial charge in [-0.3, -0.25) is 9.69 Å². The van der Waals surface area contributed by atoms with Gasteiger partial charge in [0, 0.05) is 50.9 Å². The number of carbonyl (C=O) groups is 1. The topological polar surface area (TPSA) is 47.0 Å². The zero-order valence-electron chi connectivity index (χ0n) is 15.4. The van der Waals surface area contributed by atoms with Crippen molar-refractivity contribution in [2.75, 3.05) is 46.3 Å². The summed E-state index contributed by atoms with van der Waals surface area (Å²) in [6, 6.07) is 6.73. The molecule has 2 atom stereocenters. The molecule has 142 valence electrons. The molecule has 26 heavy (non-hydrogen) atoms. The Morgan fingerprint density at radius 3 is 2.46 bits per heavy atom. The Hall–Kier alpha value is -1.50. The van der Waals surface area contributed by atoms with Crippen LogP contribution in [0.15, 0.2) is 24.3 Å². The van der Waals surface area contributed by atoms with Crippen molar-refractivity contribution in [3.05, 3.63) is 35.6 Å². The van der Waals surface area contributed by atoms with Gasteiger partial charge in [-0.25, -0.2) is 4.39 Å². The van der Waals surface area contributed by atoms with Crippen molar-refractivity contribution < 1.29 is 14.3 Å². The minimum Gasteiger partial charge on any atom is -0.390 e. The van der Waals surface area contributed by atoms with Gasteiger partial charge in [0.05, 0.1) is 11.5 Å². The number of halogens is 1. The molecule has 5 nitrogen and oxygen atoms in total. The van der Waals surface area contributed by atoms with E-state index >= 15 is 0 Å². The maximum Gasteiger partial charge on any atom is 0.233 e. The first-order chi connectivity index (χ1) is 12.5. The van der Waals surface area contributed by atoms with Crippen LogP contribution >= 0.6 is 0 Å². The summed E-state index contributed by atoms with van der Waals surface area (Å²) in [4.78, 5) is 19.6. The lowest BCUT2D eigenvalue weighted by Gasteiger charge is -2.45. The Kier molecular flexibility index (Phi) is 4.75. The van der Waals surface area contributed by atoms with Crippen LogP contribution in [0, 0.1) is 5.82 Å². The van der Waals surface area contributed by atoms with Gasteiger partial charge in [0.2, 0.25) is 5.91 Å². The van der Waals surface area contributed by atoms with E-state index in [2.05, 4.69) is 16.8 Å². The molecule has 0 aromatic heterocycles. The van der Waals surface area contributed by atoms with Crippen molar-refractivity contribution in [2.24, 2.45) is 0 Å². The molecule has 1 aliphatic carbocycles. The highest BCUT2D eigenvalue weighted by atomic mass is 19.1. The van der Waals surface area contributed by atoms with E-state index in [0.29, 0.717) is 31.5 Å². The molecule has 0 unspecified atom stereocenters. The van der Waals surface area contributed by atoms with E-state index in [0.717, 1.165) is 32.6 Å². The molecule has 1 aromatic carbocycles. The number of rotatable bonds is 3. The smallest absolute Gasteiger partial charge is 0.233 e. The molecule has 1 aromatic rings. The summed E-state index contributed by atoms with van der Waals surface area (Å²) < 4.78 is 14.2. The van der Waals surface area contributed by atoms with Crippen molar-refractivity contribution in [3.8, 4) is 0 Å². The molecule has 1 amide bonds. The van der Waals surface area contributed by atoms with E-state index in [9.17, 15) is 14.3 Å². The summed E-state index contributed by atoms with van der Waals surface area (Å²) in [7, 11) is 2.12. The fourth-order valence-electron chi connectivity index (χ4n) is 4.56. The SMILES string of the molecule is CN1CCN([C@@H]2CCN(C(=O)C3(c4ccccc4F)CC3)C[C@H]2O)CC1. The molecule has 4 rings (SSSR count). The highest BCUT2D eigenvalue weighted by Gasteiger charge is 2.55. The third kappa shape index (κ3) is 3.15. The summed E-state index contributed by atoms with van der Waals surface area (Å²) in [6.07, 6.45) is 1.64. The summed E-state index contributed by atoms with van der Waals surface area (Å²) in [5, 5.41) is 10.7. The molecule has 3 aliphatic rings. The van der Waals surface area contributed by atoms with Gasteiger partial charge in [0.1, 0.15) is 5.82 Å². The van der Waals surface area contributed by atoms with E-state index in [-0.39, 0.29) is 17.8 Å². The molecule has 2 heterocycles. The van der Waals surface area contributed by atoms with E-state index in [1.165, 1.54) is 6.07 Å². The van der Waals surface area contributed by atoms with Crippen LogP contribution in [0.4, 0.5) is 4.39 Å². The Morgan fingerprint density at radius 1 is 1.15 bits per heavy atom. The maximum atomic E-state index is 14.2. The third-order valence-corrected chi connectivity index (χ3v) is 6.39. The fraction of sp³-hybridized carbons (Fsp3) is 0.650. The average molecular weight is 361 g/mol. The summed E-state index contributed by atoms with van der Waals surface area (Å²) in [5.41, 5.74) is -0.188. The van der Waals surface area contributed by atoms with Crippen LogP contribution in [0.5, 0.6) is 0 Å². The molecule has 0 bridgehead atoms. The summed E-state index contributed by atoms with van der Waals surface area (Å²) in [6.45, 7) is 4.95. The Morgan fingerprint density at radius 2 is 1.85 bits per heavy atom. The van der Waals surface area contributed by atoms with Crippen molar-refractivity contribution in [3.63, 3.8) is 0 Å². The van der Waals surface area contributed by atoms with Crippen LogP contribution in [0.3, 0.4) is 0 Å². The number of likely N-dealkylation sites (tertiary alicyclic amines) is 1. The number of carbonyl (C=O) groups excluding carboxylic acids is 1. The number of amides is 1. The van der Waals surface area contributed by atoms with E-state index < -0.39 is 11.5 Å². The molecule has 3 fully saturated rings. The molecular formula is C20H28FN3O2.